The molecule has 16 heavy (non-hydrogen) atoms. The van der Waals surface area contributed by atoms with E-state index in [-0.39, 0.29) is 11.3 Å². The van der Waals surface area contributed by atoms with Crippen LogP contribution in [0.3, 0.4) is 0 Å². The Hall–Kier alpha value is -0.570. The molecule has 0 spiro atoms. The van der Waals surface area contributed by atoms with Gasteiger partial charge in [-0.1, -0.05) is 20.8 Å². The van der Waals surface area contributed by atoms with Crippen LogP contribution in [-0.2, 0) is 4.79 Å². The average molecular weight is 224 g/mol. The second kappa shape index (κ2) is 4.36. The van der Waals surface area contributed by atoms with Crippen LogP contribution in [-0.4, -0.2) is 25.0 Å². The molecule has 0 aromatic heterocycles. The van der Waals surface area contributed by atoms with Crippen LogP contribution < -0.4 is 10.6 Å². The lowest BCUT2D eigenvalue weighted by molar-refractivity contribution is -0.124. The highest BCUT2D eigenvalue weighted by Crippen LogP contribution is 2.33. The summed E-state index contributed by atoms with van der Waals surface area (Å²) in [6.07, 6.45) is 3.19. The summed E-state index contributed by atoms with van der Waals surface area (Å²) >= 11 is 0. The predicted molar refractivity (Wildman–Crippen MR) is 65.1 cm³/mol. The minimum Gasteiger partial charge on any atom is -0.353 e. The van der Waals surface area contributed by atoms with Gasteiger partial charge in [-0.3, -0.25) is 4.79 Å². The second-order valence-corrected chi connectivity index (χ2v) is 6.59. The fraction of sp³-hybridized carbons (Fsp3) is 0.923. The van der Waals surface area contributed by atoms with Crippen LogP contribution >= 0.6 is 0 Å². The standard InChI is InChI=1S/C13H24N2O/c1-13(2,3)6-11(16)15-12-9-4-5-10(12)8-14-7-9/h9-10,12,14H,4-8H2,1-3H3,(H,15,16). The van der Waals surface area contributed by atoms with E-state index in [2.05, 4.69) is 31.4 Å². The first-order valence-corrected chi connectivity index (χ1v) is 6.46. The maximum atomic E-state index is 11.9. The molecule has 2 N–H and O–H groups in total. The number of nitrogens with one attached hydrogen (secondary N) is 2. The molecular weight excluding hydrogens is 200 g/mol. The molecule has 2 atom stereocenters. The lowest BCUT2D eigenvalue weighted by Gasteiger charge is -2.32. The first-order valence-electron chi connectivity index (χ1n) is 6.46. The highest BCUT2D eigenvalue weighted by atomic mass is 16.1. The van der Waals surface area contributed by atoms with Crippen LogP contribution in [0.25, 0.3) is 0 Å². The van der Waals surface area contributed by atoms with E-state index < -0.39 is 0 Å². The number of piperidine rings is 1. The van der Waals surface area contributed by atoms with Gasteiger partial charge in [0.25, 0.3) is 0 Å². The lowest BCUT2D eigenvalue weighted by Crippen LogP contribution is -2.51. The predicted octanol–water partition coefficient (Wildman–Crippen LogP) is 1.54. The molecule has 2 unspecified atom stereocenters. The summed E-state index contributed by atoms with van der Waals surface area (Å²) in [5.74, 6) is 1.57. The van der Waals surface area contributed by atoms with Gasteiger partial charge < -0.3 is 10.6 Å². The zero-order valence-corrected chi connectivity index (χ0v) is 10.7. The summed E-state index contributed by atoms with van der Waals surface area (Å²) in [6, 6.07) is 0.441. The van der Waals surface area contributed by atoms with Gasteiger partial charge in [-0.05, 0) is 43.2 Å². The summed E-state index contributed by atoms with van der Waals surface area (Å²) in [5.41, 5.74) is 0.0933. The molecule has 1 aliphatic heterocycles. The number of fused-ring (bicyclic) bond motifs is 2. The smallest absolute Gasteiger partial charge is 0.220 e. The maximum absolute atomic E-state index is 11.9. The Morgan fingerprint density at radius 3 is 2.31 bits per heavy atom. The van der Waals surface area contributed by atoms with Crippen molar-refractivity contribution in [3.63, 3.8) is 0 Å². The Morgan fingerprint density at radius 2 is 1.81 bits per heavy atom. The number of rotatable bonds is 2. The minimum absolute atomic E-state index is 0.0933. The van der Waals surface area contributed by atoms with Gasteiger partial charge in [0.2, 0.25) is 5.91 Å². The van der Waals surface area contributed by atoms with E-state index in [4.69, 9.17) is 0 Å². The minimum atomic E-state index is 0.0933. The van der Waals surface area contributed by atoms with Crippen molar-refractivity contribution in [2.45, 2.75) is 46.1 Å². The third-order valence-electron chi connectivity index (χ3n) is 3.76. The van der Waals surface area contributed by atoms with Gasteiger partial charge in [0, 0.05) is 12.5 Å². The van der Waals surface area contributed by atoms with Crippen LogP contribution in [0.5, 0.6) is 0 Å². The van der Waals surface area contributed by atoms with Crippen LogP contribution in [0.1, 0.15) is 40.0 Å². The normalized spacial score (nSPS) is 33.8. The highest BCUT2D eigenvalue weighted by Gasteiger charge is 2.39. The van der Waals surface area contributed by atoms with Crippen molar-refractivity contribution in [3.8, 4) is 0 Å². The third-order valence-corrected chi connectivity index (χ3v) is 3.76. The zero-order chi connectivity index (χ0) is 11.8. The van der Waals surface area contributed by atoms with Gasteiger partial charge in [-0.25, -0.2) is 0 Å². The fourth-order valence-electron chi connectivity index (χ4n) is 3.04. The summed E-state index contributed by atoms with van der Waals surface area (Å²) < 4.78 is 0. The van der Waals surface area contributed by atoms with Crippen LogP contribution in [0.2, 0.25) is 0 Å². The van der Waals surface area contributed by atoms with Gasteiger partial charge >= 0.3 is 0 Å². The van der Waals surface area contributed by atoms with E-state index in [0.29, 0.717) is 24.3 Å². The van der Waals surface area contributed by atoms with Crippen molar-refractivity contribution in [3.05, 3.63) is 0 Å². The number of carbonyl (C=O) groups is 1. The Balaban J connectivity index is 1.88. The average Bonchev–Trinajstić information content (AvgIpc) is 2.39. The highest BCUT2D eigenvalue weighted by molar-refractivity contribution is 5.77. The molecule has 1 saturated carbocycles. The third kappa shape index (κ3) is 2.76. The number of carbonyl (C=O) groups excluding carboxylic acids is 1. The molecule has 2 fully saturated rings. The first-order chi connectivity index (χ1) is 7.46. The molecule has 1 aliphatic carbocycles. The van der Waals surface area contributed by atoms with Crippen molar-refractivity contribution < 1.29 is 4.79 Å². The zero-order valence-electron chi connectivity index (χ0n) is 10.7. The van der Waals surface area contributed by atoms with Crippen LogP contribution in [0.15, 0.2) is 0 Å². The van der Waals surface area contributed by atoms with Gasteiger partial charge in [0.05, 0.1) is 0 Å². The molecular formula is C13H24N2O. The topological polar surface area (TPSA) is 41.1 Å². The number of hydrogen-bond donors (Lipinski definition) is 2. The van der Waals surface area contributed by atoms with Gasteiger partial charge in [-0.15, -0.1) is 0 Å². The second-order valence-electron chi connectivity index (χ2n) is 6.59. The maximum Gasteiger partial charge on any atom is 0.220 e. The van der Waals surface area contributed by atoms with E-state index in [1.807, 2.05) is 0 Å². The van der Waals surface area contributed by atoms with Crippen molar-refractivity contribution in [2.75, 3.05) is 13.1 Å². The molecule has 92 valence electrons. The summed E-state index contributed by atoms with van der Waals surface area (Å²) in [5, 5.41) is 6.71. The molecule has 0 aromatic rings. The molecule has 1 heterocycles. The van der Waals surface area contributed by atoms with E-state index in [1.165, 1.54) is 12.8 Å². The Bertz CT molecular complexity index is 254. The monoisotopic (exact) mass is 224 g/mol. The molecule has 2 bridgehead atoms. The molecule has 2 rings (SSSR count). The van der Waals surface area contributed by atoms with Crippen molar-refractivity contribution in [2.24, 2.45) is 17.3 Å². The molecule has 2 aliphatic rings. The largest absolute Gasteiger partial charge is 0.353 e. The Kier molecular flexibility index (Phi) is 3.24. The van der Waals surface area contributed by atoms with E-state index >= 15 is 0 Å². The molecule has 0 radical (unpaired) electrons. The lowest BCUT2D eigenvalue weighted by atomic mass is 9.90. The molecule has 3 nitrogen and oxygen atoms in total. The molecule has 3 heteroatoms. The Labute approximate surface area is 98.4 Å². The van der Waals surface area contributed by atoms with Crippen molar-refractivity contribution in [1.29, 1.82) is 0 Å². The van der Waals surface area contributed by atoms with Crippen LogP contribution in [0, 0.1) is 17.3 Å². The van der Waals surface area contributed by atoms with Gasteiger partial charge in [-0.2, -0.15) is 0 Å². The molecule has 1 saturated heterocycles. The fourth-order valence-corrected chi connectivity index (χ4v) is 3.04. The van der Waals surface area contributed by atoms with E-state index in [0.717, 1.165) is 13.1 Å². The SMILES string of the molecule is CC(C)(C)CC(=O)NC1C2CCC1CNC2. The van der Waals surface area contributed by atoms with E-state index in [1.54, 1.807) is 0 Å². The van der Waals surface area contributed by atoms with Crippen molar-refractivity contribution >= 4 is 5.91 Å². The summed E-state index contributed by atoms with van der Waals surface area (Å²) in [4.78, 5) is 11.9. The van der Waals surface area contributed by atoms with Gasteiger partial charge in [0.1, 0.15) is 0 Å². The number of amides is 1. The number of hydrogen-bond acceptors (Lipinski definition) is 2. The molecule has 0 aromatic carbocycles. The van der Waals surface area contributed by atoms with Crippen molar-refractivity contribution in [1.82, 2.24) is 10.6 Å². The summed E-state index contributed by atoms with van der Waals surface area (Å²) in [6.45, 7) is 8.50. The van der Waals surface area contributed by atoms with Crippen LogP contribution in [0.4, 0.5) is 0 Å². The quantitative estimate of drug-likeness (QED) is 0.747. The molecule has 1 amide bonds. The van der Waals surface area contributed by atoms with E-state index in [9.17, 15) is 4.79 Å². The van der Waals surface area contributed by atoms with Gasteiger partial charge in [0.15, 0.2) is 0 Å². The first kappa shape index (κ1) is 11.9. The summed E-state index contributed by atoms with van der Waals surface area (Å²) in [7, 11) is 0. The Morgan fingerprint density at radius 1 is 1.25 bits per heavy atom.